The molecule has 0 amide bonds. The third kappa shape index (κ3) is 2.61. The summed E-state index contributed by atoms with van der Waals surface area (Å²) < 4.78 is 0. The van der Waals surface area contributed by atoms with Crippen molar-refractivity contribution in [3.05, 3.63) is 18.5 Å². The van der Waals surface area contributed by atoms with E-state index in [1.165, 1.54) is 38.0 Å². The van der Waals surface area contributed by atoms with Crippen LogP contribution in [0.5, 0.6) is 0 Å². The fourth-order valence-corrected chi connectivity index (χ4v) is 2.05. The fraction of sp³-hybridized carbons (Fsp3) is 0.583. The third-order valence-electron chi connectivity index (χ3n) is 2.83. The molecule has 0 saturated carbocycles. The molecule has 1 N–H and O–H groups in total. The Morgan fingerprint density at radius 1 is 1.27 bits per heavy atom. The Labute approximate surface area is 91.5 Å². The molecule has 1 fully saturated rings. The summed E-state index contributed by atoms with van der Waals surface area (Å²) in [5.41, 5.74) is 2.38. The summed E-state index contributed by atoms with van der Waals surface area (Å²) in [5.74, 6) is 0. The van der Waals surface area contributed by atoms with Crippen molar-refractivity contribution in [2.75, 3.05) is 29.9 Å². The minimum absolute atomic E-state index is 0.950. The molecule has 1 aliphatic rings. The van der Waals surface area contributed by atoms with Gasteiger partial charge in [-0.3, -0.25) is 4.98 Å². The van der Waals surface area contributed by atoms with Gasteiger partial charge in [-0.15, -0.1) is 0 Å². The van der Waals surface area contributed by atoms with Gasteiger partial charge >= 0.3 is 0 Å². The average Bonchev–Trinajstić information content (AvgIpc) is 2.31. The molecule has 0 radical (unpaired) electrons. The maximum absolute atomic E-state index is 4.27. The molecular weight excluding hydrogens is 186 g/mol. The maximum atomic E-state index is 4.27. The lowest BCUT2D eigenvalue weighted by Gasteiger charge is -2.28. The van der Waals surface area contributed by atoms with E-state index in [1.807, 2.05) is 12.4 Å². The van der Waals surface area contributed by atoms with Gasteiger partial charge in [0.05, 0.1) is 23.8 Å². The Bertz CT molecular complexity index is 305. The fourth-order valence-electron chi connectivity index (χ4n) is 2.05. The molecule has 0 bridgehead atoms. The molecule has 3 heteroatoms. The van der Waals surface area contributed by atoms with E-state index in [4.69, 9.17) is 0 Å². The second-order valence-corrected chi connectivity index (χ2v) is 4.01. The molecule has 2 rings (SSSR count). The summed E-state index contributed by atoms with van der Waals surface area (Å²) in [4.78, 5) is 6.70. The standard InChI is InChI=1S/C12H19N3/c1-2-14-11-8-12(10-13-9-11)15-6-4-3-5-7-15/h8-10,14H,2-7H2,1H3. The Morgan fingerprint density at radius 2 is 2.07 bits per heavy atom. The summed E-state index contributed by atoms with van der Waals surface area (Å²) in [6.45, 7) is 5.41. The zero-order chi connectivity index (χ0) is 10.5. The van der Waals surface area contributed by atoms with Gasteiger partial charge in [0.15, 0.2) is 0 Å². The van der Waals surface area contributed by atoms with Crippen LogP contribution in [-0.2, 0) is 0 Å². The second kappa shape index (κ2) is 5.01. The van der Waals surface area contributed by atoms with Gasteiger partial charge in [0.2, 0.25) is 0 Å². The van der Waals surface area contributed by atoms with Crippen molar-refractivity contribution < 1.29 is 0 Å². The maximum Gasteiger partial charge on any atom is 0.0573 e. The van der Waals surface area contributed by atoms with Crippen molar-refractivity contribution in [2.45, 2.75) is 26.2 Å². The van der Waals surface area contributed by atoms with Crippen molar-refractivity contribution in [1.29, 1.82) is 0 Å². The number of rotatable bonds is 3. The quantitative estimate of drug-likeness (QED) is 0.821. The van der Waals surface area contributed by atoms with Crippen LogP contribution in [0.15, 0.2) is 18.5 Å². The second-order valence-electron chi connectivity index (χ2n) is 4.01. The van der Waals surface area contributed by atoms with Crippen LogP contribution in [0, 0.1) is 0 Å². The zero-order valence-corrected chi connectivity index (χ0v) is 9.37. The summed E-state index contributed by atoms with van der Waals surface area (Å²) in [6, 6.07) is 2.20. The predicted octanol–water partition coefficient (Wildman–Crippen LogP) is 2.50. The van der Waals surface area contributed by atoms with Gasteiger partial charge in [0.25, 0.3) is 0 Å². The topological polar surface area (TPSA) is 28.2 Å². The predicted molar refractivity (Wildman–Crippen MR) is 64.5 cm³/mol. The molecule has 1 aromatic heterocycles. The number of nitrogens with one attached hydrogen (secondary N) is 1. The molecule has 0 aromatic carbocycles. The molecule has 0 spiro atoms. The average molecular weight is 205 g/mol. The number of hydrogen-bond acceptors (Lipinski definition) is 3. The summed E-state index contributed by atoms with van der Waals surface area (Å²) in [5, 5.41) is 3.30. The molecular formula is C12H19N3. The number of piperidine rings is 1. The smallest absolute Gasteiger partial charge is 0.0573 e. The Kier molecular flexibility index (Phi) is 3.43. The van der Waals surface area contributed by atoms with Gasteiger partial charge in [-0.2, -0.15) is 0 Å². The highest BCUT2D eigenvalue weighted by molar-refractivity contribution is 5.55. The van der Waals surface area contributed by atoms with E-state index >= 15 is 0 Å². The molecule has 1 aliphatic heterocycles. The first-order valence-electron chi connectivity index (χ1n) is 5.84. The molecule has 1 saturated heterocycles. The first-order valence-corrected chi connectivity index (χ1v) is 5.84. The van der Waals surface area contributed by atoms with E-state index in [2.05, 4.69) is 28.2 Å². The van der Waals surface area contributed by atoms with Gasteiger partial charge < -0.3 is 10.2 Å². The van der Waals surface area contributed by atoms with Gasteiger partial charge in [0, 0.05) is 19.6 Å². The number of anilines is 2. The van der Waals surface area contributed by atoms with Gasteiger partial charge in [-0.25, -0.2) is 0 Å². The van der Waals surface area contributed by atoms with Crippen LogP contribution in [0.2, 0.25) is 0 Å². The van der Waals surface area contributed by atoms with Gasteiger partial charge in [-0.1, -0.05) is 0 Å². The van der Waals surface area contributed by atoms with Crippen molar-refractivity contribution in [1.82, 2.24) is 4.98 Å². The van der Waals surface area contributed by atoms with Crippen molar-refractivity contribution in [3.8, 4) is 0 Å². The van der Waals surface area contributed by atoms with Crippen molar-refractivity contribution in [3.63, 3.8) is 0 Å². The number of aromatic nitrogens is 1. The largest absolute Gasteiger partial charge is 0.384 e. The molecule has 0 atom stereocenters. The lowest BCUT2D eigenvalue weighted by atomic mass is 10.1. The van der Waals surface area contributed by atoms with E-state index in [0.29, 0.717) is 0 Å². The van der Waals surface area contributed by atoms with Crippen LogP contribution in [0.1, 0.15) is 26.2 Å². The lowest BCUT2D eigenvalue weighted by molar-refractivity contribution is 0.577. The van der Waals surface area contributed by atoms with Crippen molar-refractivity contribution in [2.24, 2.45) is 0 Å². The first-order chi connectivity index (χ1) is 7.40. The molecule has 15 heavy (non-hydrogen) atoms. The van der Waals surface area contributed by atoms with Gasteiger partial charge in [-0.05, 0) is 32.3 Å². The molecule has 2 heterocycles. The minimum Gasteiger partial charge on any atom is -0.384 e. The van der Waals surface area contributed by atoms with E-state index in [9.17, 15) is 0 Å². The molecule has 0 aliphatic carbocycles. The van der Waals surface area contributed by atoms with Crippen LogP contribution in [0.25, 0.3) is 0 Å². The van der Waals surface area contributed by atoms with E-state index in [1.54, 1.807) is 0 Å². The SMILES string of the molecule is CCNc1cncc(N2CCCCC2)c1. The molecule has 3 nitrogen and oxygen atoms in total. The highest BCUT2D eigenvalue weighted by atomic mass is 15.1. The third-order valence-corrected chi connectivity index (χ3v) is 2.83. The summed E-state index contributed by atoms with van der Waals surface area (Å²) in [6.07, 6.45) is 7.84. The zero-order valence-electron chi connectivity index (χ0n) is 9.37. The molecule has 82 valence electrons. The van der Waals surface area contributed by atoms with Gasteiger partial charge in [0.1, 0.15) is 0 Å². The number of nitrogens with zero attached hydrogens (tertiary/aromatic N) is 2. The highest BCUT2D eigenvalue weighted by Crippen LogP contribution is 2.21. The Morgan fingerprint density at radius 3 is 2.80 bits per heavy atom. The Hall–Kier alpha value is -1.25. The first kappa shape index (κ1) is 10.3. The number of pyridine rings is 1. The molecule has 1 aromatic rings. The van der Waals surface area contributed by atoms with Crippen LogP contribution in [-0.4, -0.2) is 24.6 Å². The van der Waals surface area contributed by atoms with Crippen LogP contribution < -0.4 is 10.2 Å². The van der Waals surface area contributed by atoms with Crippen LogP contribution in [0.3, 0.4) is 0 Å². The normalized spacial score (nSPS) is 16.5. The van der Waals surface area contributed by atoms with E-state index < -0.39 is 0 Å². The van der Waals surface area contributed by atoms with Crippen LogP contribution in [0.4, 0.5) is 11.4 Å². The highest BCUT2D eigenvalue weighted by Gasteiger charge is 2.11. The van der Waals surface area contributed by atoms with Crippen molar-refractivity contribution >= 4 is 11.4 Å². The van der Waals surface area contributed by atoms with E-state index in [-0.39, 0.29) is 0 Å². The summed E-state index contributed by atoms with van der Waals surface area (Å²) >= 11 is 0. The summed E-state index contributed by atoms with van der Waals surface area (Å²) in [7, 11) is 0. The lowest BCUT2D eigenvalue weighted by Crippen LogP contribution is -2.29. The minimum atomic E-state index is 0.950. The monoisotopic (exact) mass is 205 g/mol. The number of hydrogen-bond donors (Lipinski definition) is 1. The van der Waals surface area contributed by atoms with Crippen LogP contribution >= 0.6 is 0 Å². The Balaban J connectivity index is 2.09. The van der Waals surface area contributed by atoms with E-state index in [0.717, 1.165) is 12.2 Å². The molecule has 0 unspecified atom stereocenters.